The largest absolute Gasteiger partial charge is 0.575 e. The molecule has 0 aliphatic heterocycles. The predicted molar refractivity (Wildman–Crippen MR) is 60.6 cm³/mol. The van der Waals surface area contributed by atoms with Crippen molar-refractivity contribution in [1.82, 2.24) is 0 Å². The Morgan fingerprint density at radius 1 is 1.00 bits per heavy atom. The Morgan fingerprint density at radius 3 is 1.82 bits per heavy atom. The Morgan fingerprint density at radius 2 is 1.45 bits per heavy atom. The standard InChI is InChI=1S/C10H9F3O2.C2HF3O2/c11-10(12,13)15-9(14)7-6-8-4-2-1-3-5-8;3-2(4,5)1(6)7/h1-5H,6-7H2;(H,6,7). The molecule has 0 aromatic heterocycles. The fraction of sp³-hybridized carbons (Fsp3) is 0.333. The van der Waals surface area contributed by atoms with Gasteiger partial charge in [-0.2, -0.15) is 13.2 Å². The molecule has 0 radical (unpaired) electrons. The summed E-state index contributed by atoms with van der Waals surface area (Å²) in [6.45, 7) is 0. The number of hydrogen-bond acceptors (Lipinski definition) is 3. The van der Waals surface area contributed by atoms with Crippen LogP contribution in [-0.4, -0.2) is 29.6 Å². The maximum absolute atomic E-state index is 11.6. The molecule has 0 saturated heterocycles. The highest BCUT2D eigenvalue weighted by atomic mass is 19.4. The lowest BCUT2D eigenvalue weighted by molar-refractivity contribution is -0.305. The number of benzene rings is 1. The number of aryl methyl sites for hydroxylation is 1. The number of carbonyl (C=O) groups is 2. The molecule has 1 aromatic carbocycles. The lowest BCUT2D eigenvalue weighted by atomic mass is 10.1. The summed E-state index contributed by atoms with van der Waals surface area (Å²) < 4.78 is 69.7. The topological polar surface area (TPSA) is 63.6 Å². The van der Waals surface area contributed by atoms with E-state index in [4.69, 9.17) is 9.90 Å². The summed E-state index contributed by atoms with van der Waals surface area (Å²) in [5.41, 5.74) is 0.802. The van der Waals surface area contributed by atoms with Crippen LogP contribution in [-0.2, 0) is 20.7 Å². The molecule has 1 N–H and O–H groups in total. The first-order chi connectivity index (χ1) is 9.92. The van der Waals surface area contributed by atoms with Crippen molar-refractivity contribution in [2.24, 2.45) is 0 Å². The van der Waals surface area contributed by atoms with Crippen LogP contribution in [0.2, 0.25) is 0 Å². The van der Waals surface area contributed by atoms with E-state index < -0.39 is 24.5 Å². The van der Waals surface area contributed by atoms with Crippen molar-refractivity contribution in [1.29, 1.82) is 0 Å². The highest BCUT2D eigenvalue weighted by Crippen LogP contribution is 2.17. The summed E-state index contributed by atoms with van der Waals surface area (Å²) >= 11 is 0. The molecule has 0 atom stereocenters. The van der Waals surface area contributed by atoms with Gasteiger partial charge < -0.3 is 9.84 Å². The fourth-order valence-electron chi connectivity index (χ4n) is 1.07. The highest BCUT2D eigenvalue weighted by molar-refractivity contribution is 5.73. The third kappa shape index (κ3) is 10.5. The number of esters is 1. The van der Waals surface area contributed by atoms with Crippen molar-refractivity contribution in [3.8, 4) is 0 Å². The zero-order chi connectivity index (χ0) is 17.4. The second-order valence-corrected chi connectivity index (χ2v) is 3.71. The number of carboxylic acid groups (broad SMARTS) is 1. The van der Waals surface area contributed by atoms with Crippen LogP contribution in [0.4, 0.5) is 26.3 Å². The van der Waals surface area contributed by atoms with Crippen molar-refractivity contribution in [2.75, 3.05) is 0 Å². The molecule has 0 aliphatic rings. The molecule has 10 heteroatoms. The Kier molecular flexibility index (Phi) is 7.40. The molecule has 0 amide bonds. The van der Waals surface area contributed by atoms with E-state index in [1.807, 2.05) is 0 Å². The van der Waals surface area contributed by atoms with Gasteiger partial charge in [-0.05, 0) is 12.0 Å². The first-order valence-electron chi connectivity index (χ1n) is 5.54. The van der Waals surface area contributed by atoms with Gasteiger partial charge in [0.15, 0.2) is 0 Å². The summed E-state index contributed by atoms with van der Waals surface area (Å²) in [4.78, 5) is 19.6. The zero-order valence-electron chi connectivity index (χ0n) is 10.7. The van der Waals surface area contributed by atoms with Crippen molar-refractivity contribution in [3.05, 3.63) is 35.9 Å². The van der Waals surface area contributed by atoms with Gasteiger partial charge in [-0.25, -0.2) is 4.79 Å². The third-order valence-corrected chi connectivity index (χ3v) is 1.93. The van der Waals surface area contributed by atoms with Gasteiger partial charge in [0.2, 0.25) is 0 Å². The molecule has 4 nitrogen and oxygen atoms in total. The van der Waals surface area contributed by atoms with Crippen LogP contribution in [0.5, 0.6) is 0 Å². The molecule has 0 saturated carbocycles. The van der Waals surface area contributed by atoms with E-state index in [-0.39, 0.29) is 12.8 Å². The van der Waals surface area contributed by atoms with E-state index in [2.05, 4.69) is 4.74 Å². The number of carboxylic acids is 1. The van der Waals surface area contributed by atoms with Gasteiger partial charge in [0.1, 0.15) is 0 Å². The van der Waals surface area contributed by atoms with Crippen LogP contribution in [0.15, 0.2) is 30.3 Å². The minimum Gasteiger partial charge on any atom is -0.475 e. The van der Waals surface area contributed by atoms with E-state index in [1.54, 1.807) is 30.3 Å². The molecule has 0 unspecified atom stereocenters. The second-order valence-electron chi connectivity index (χ2n) is 3.71. The van der Waals surface area contributed by atoms with Crippen LogP contribution in [0.25, 0.3) is 0 Å². The minimum absolute atomic E-state index is 0.246. The van der Waals surface area contributed by atoms with E-state index in [9.17, 15) is 31.1 Å². The van der Waals surface area contributed by atoms with Crippen molar-refractivity contribution >= 4 is 11.9 Å². The molecule has 1 aromatic rings. The molecule has 0 heterocycles. The Balaban J connectivity index is 0.000000534. The molecule has 124 valence electrons. The summed E-state index contributed by atoms with van der Waals surface area (Å²) in [5.74, 6) is -4.01. The molecule has 0 bridgehead atoms. The molecular weight excluding hydrogens is 322 g/mol. The van der Waals surface area contributed by atoms with Gasteiger partial charge in [0, 0.05) is 6.42 Å². The lowest BCUT2D eigenvalue weighted by Crippen LogP contribution is -2.21. The monoisotopic (exact) mass is 332 g/mol. The van der Waals surface area contributed by atoms with Crippen LogP contribution in [0.3, 0.4) is 0 Å². The quantitative estimate of drug-likeness (QED) is 0.681. The van der Waals surface area contributed by atoms with Crippen molar-refractivity contribution in [2.45, 2.75) is 25.4 Å². The molecule has 0 fully saturated rings. The lowest BCUT2D eigenvalue weighted by Gasteiger charge is -2.06. The molecule has 0 spiro atoms. The number of halogens is 6. The molecule has 0 aliphatic carbocycles. The number of ether oxygens (including phenoxy) is 1. The van der Waals surface area contributed by atoms with Gasteiger partial charge in [-0.15, -0.1) is 13.2 Å². The van der Waals surface area contributed by atoms with E-state index in [0.717, 1.165) is 5.56 Å². The van der Waals surface area contributed by atoms with Gasteiger partial charge in [-0.3, -0.25) is 4.79 Å². The van der Waals surface area contributed by atoms with E-state index in [1.165, 1.54) is 0 Å². The number of alkyl halides is 6. The van der Waals surface area contributed by atoms with Crippen LogP contribution in [0, 0.1) is 0 Å². The summed E-state index contributed by atoms with van der Waals surface area (Å²) in [7, 11) is 0. The second kappa shape index (κ2) is 8.25. The normalized spacial score (nSPS) is 11.2. The third-order valence-electron chi connectivity index (χ3n) is 1.93. The summed E-state index contributed by atoms with van der Waals surface area (Å²) in [5, 5.41) is 7.12. The van der Waals surface area contributed by atoms with Gasteiger partial charge in [-0.1, -0.05) is 30.3 Å². The average Bonchev–Trinajstić information content (AvgIpc) is 2.35. The Bertz CT molecular complexity index is 481. The van der Waals surface area contributed by atoms with Crippen LogP contribution in [0.1, 0.15) is 12.0 Å². The van der Waals surface area contributed by atoms with Gasteiger partial charge in [0.25, 0.3) is 0 Å². The number of hydrogen-bond donors (Lipinski definition) is 1. The zero-order valence-corrected chi connectivity index (χ0v) is 10.7. The first kappa shape index (κ1) is 19.7. The number of rotatable bonds is 3. The van der Waals surface area contributed by atoms with Gasteiger partial charge >= 0.3 is 24.5 Å². The number of carbonyl (C=O) groups excluding carboxylic acids is 1. The molecule has 1 rings (SSSR count). The Labute approximate surface area is 120 Å². The summed E-state index contributed by atoms with van der Waals surface area (Å²) in [6, 6.07) is 8.77. The predicted octanol–water partition coefficient (Wildman–Crippen LogP) is 3.32. The van der Waals surface area contributed by atoms with Crippen molar-refractivity contribution in [3.63, 3.8) is 0 Å². The van der Waals surface area contributed by atoms with Gasteiger partial charge in [0.05, 0.1) is 0 Å². The van der Waals surface area contributed by atoms with Crippen LogP contribution >= 0.6 is 0 Å². The average molecular weight is 332 g/mol. The smallest absolute Gasteiger partial charge is 0.475 e. The van der Waals surface area contributed by atoms with E-state index in [0.29, 0.717) is 0 Å². The Hall–Kier alpha value is -2.26. The first-order valence-corrected chi connectivity index (χ1v) is 5.54. The fourth-order valence-corrected chi connectivity index (χ4v) is 1.07. The molecular formula is C12H10F6O4. The number of aliphatic carboxylic acids is 1. The maximum atomic E-state index is 11.6. The maximum Gasteiger partial charge on any atom is 0.575 e. The summed E-state index contributed by atoms with van der Waals surface area (Å²) in [6.07, 6.45) is -9.99. The highest BCUT2D eigenvalue weighted by Gasteiger charge is 2.38. The van der Waals surface area contributed by atoms with Crippen molar-refractivity contribution < 1.29 is 45.8 Å². The van der Waals surface area contributed by atoms with Crippen LogP contribution < -0.4 is 0 Å². The molecule has 22 heavy (non-hydrogen) atoms. The van der Waals surface area contributed by atoms with E-state index >= 15 is 0 Å². The SMILES string of the molecule is O=C(CCc1ccccc1)OC(F)(F)F.O=C(O)C(F)(F)F. The minimum atomic E-state index is -5.08.